The first kappa shape index (κ1) is 16.2. The molecule has 0 aliphatic carbocycles. The van der Waals surface area contributed by atoms with Gasteiger partial charge in [-0.25, -0.2) is 9.97 Å². The number of hydrogen-bond donors (Lipinski definition) is 3. The Hall–Kier alpha value is -2.15. The van der Waals surface area contributed by atoms with Crippen molar-refractivity contribution in [3.8, 4) is 5.75 Å². The summed E-state index contributed by atoms with van der Waals surface area (Å²) in [5.41, 5.74) is 6.02. The van der Waals surface area contributed by atoms with Gasteiger partial charge in [0.05, 0.1) is 0 Å². The van der Waals surface area contributed by atoms with Crippen LogP contribution >= 0.6 is 15.9 Å². The Morgan fingerprint density at radius 1 is 1.32 bits per heavy atom. The lowest BCUT2D eigenvalue weighted by Gasteiger charge is -2.23. The van der Waals surface area contributed by atoms with Gasteiger partial charge in [-0.05, 0) is 39.0 Å². The largest absolute Gasteiger partial charge is 0.439 e. The summed E-state index contributed by atoms with van der Waals surface area (Å²) >= 11 is 3.36. The number of ether oxygens (including phenoxy) is 1. The van der Waals surface area contributed by atoms with Crippen molar-refractivity contribution in [1.29, 1.82) is 5.41 Å². The molecule has 2 rings (SSSR count). The van der Waals surface area contributed by atoms with Crippen LogP contribution in [0.25, 0.3) is 0 Å². The molecule has 0 atom stereocenters. The molecule has 0 saturated heterocycles. The molecule has 1 aromatic carbocycles. The molecule has 0 unspecified atom stereocenters. The fraction of sp³-hybridized carbons (Fsp3) is 0.267. The van der Waals surface area contributed by atoms with Gasteiger partial charge in [0.25, 0.3) is 0 Å². The molecule has 2 aromatic rings. The van der Waals surface area contributed by atoms with Gasteiger partial charge in [0, 0.05) is 10.0 Å². The van der Waals surface area contributed by atoms with E-state index >= 15 is 0 Å². The molecule has 22 heavy (non-hydrogen) atoms. The maximum absolute atomic E-state index is 8.19. The summed E-state index contributed by atoms with van der Waals surface area (Å²) in [6.45, 7) is 5.98. The molecule has 0 saturated carbocycles. The Bertz CT molecular complexity index is 697. The van der Waals surface area contributed by atoms with Crippen LogP contribution in [0.1, 0.15) is 26.3 Å². The molecule has 0 aliphatic rings. The van der Waals surface area contributed by atoms with Crippen molar-refractivity contribution in [2.45, 2.75) is 26.3 Å². The summed E-state index contributed by atoms with van der Waals surface area (Å²) < 4.78 is 6.43. The summed E-state index contributed by atoms with van der Waals surface area (Å²) in [6, 6.07) is 7.23. The maximum Gasteiger partial charge on any atom is 0.226 e. The van der Waals surface area contributed by atoms with E-state index in [2.05, 4.69) is 31.2 Å². The predicted octanol–water partition coefficient (Wildman–Crippen LogP) is 3.44. The SMILES string of the molecule is CC(C)(C)Nc1ncnc(N)c1C(=N)Oc1cccc(Br)c1. The highest BCUT2D eigenvalue weighted by atomic mass is 79.9. The van der Waals surface area contributed by atoms with Crippen molar-refractivity contribution in [2.75, 3.05) is 11.1 Å². The van der Waals surface area contributed by atoms with E-state index in [0.717, 1.165) is 4.47 Å². The number of anilines is 2. The Kier molecular flexibility index (Phi) is 4.65. The number of nitrogens with one attached hydrogen (secondary N) is 2. The molecule has 1 heterocycles. The molecular formula is C15H18BrN5O. The molecule has 7 heteroatoms. The Morgan fingerprint density at radius 3 is 2.68 bits per heavy atom. The molecule has 0 radical (unpaired) electrons. The van der Waals surface area contributed by atoms with Crippen molar-refractivity contribution >= 4 is 33.5 Å². The van der Waals surface area contributed by atoms with Gasteiger partial charge in [-0.15, -0.1) is 0 Å². The molecule has 4 N–H and O–H groups in total. The summed E-state index contributed by atoms with van der Waals surface area (Å²) in [5.74, 6) is 1.09. The Balaban J connectivity index is 2.32. The fourth-order valence-electron chi connectivity index (χ4n) is 1.77. The third-order valence-electron chi connectivity index (χ3n) is 2.61. The van der Waals surface area contributed by atoms with E-state index in [9.17, 15) is 0 Å². The summed E-state index contributed by atoms with van der Waals surface area (Å²) in [4.78, 5) is 8.12. The topological polar surface area (TPSA) is 96.9 Å². The van der Waals surface area contributed by atoms with Gasteiger partial charge in [-0.3, -0.25) is 5.41 Å². The molecule has 116 valence electrons. The number of nitrogens with zero attached hydrogens (tertiary/aromatic N) is 2. The zero-order valence-electron chi connectivity index (χ0n) is 12.6. The highest BCUT2D eigenvalue weighted by Gasteiger charge is 2.20. The van der Waals surface area contributed by atoms with Crippen LogP contribution in [-0.2, 0) is 0 Å². The van der Waals surface area contributed by atoms with Gasteiger partial charge in [0.15, 0.2) is 0 Å². The van der Waals surface area contributed by atoms with Gasteiger partial charge in [-0.1, -0.05) is 22.0 Å². The van der Waals surface area contributed by atoms with Crippen LogP contribution in [0.15, 0.2) is 35.1 Å². The van der Waals surface area contributed by atoms with Crippen molar-refractivity contribution in [3.05, 3.63) is 40.6 Å². The minimum absolute atomic E-state index is 0.108. The third-order valence-corrected chi connectivity index (χ3v) is 3.11. The lowest BCUT2D eigenvalue weighted by Crippen LogP contribution is -2.29. The molecule has 0 amide bonds. The van der Waals surface area contributed by atoms with Gasteiger partial charge >= 0.3 is 0 Å². The Morgan fingerprint density at radius 2 is 2.05 bits per heavy atom. The van der Waals surface area contributed by atoms with E-state index in [-0.39, 0.29) is 17.3 Å². The standard InChI is InChI=1S/C15H18BrN5O/c1-15(2,3)21-14-11(12(17)19-8-20-14)13(18)22-10-6-4-5-9(16)7-10/h4-8,18H,1-3H3,(H3,17,19,20,21). The number of hydrogen-bond acceptors (Lipinski definition) is 6. The molecular weight excluding hydrogens is 346 g/mol. The average Bonchev–Trinajstić information content (AvgIpc) is 2.36. The maximum atomic E-state index is 8.19. The first-order valence-corrected chi connectivity index (χ1v) is 7.46. The van der Waals surface area contributed by atoms with Crippen LogP contribution in [0.4, 0.5) is 11.6 Å². The first-order chi connectivity index (χ1) is 10.3. The van der Waals surface area contributed by atoms with E-state index in [4.69, 9.17) is 15.9 Å². The average molecular weight is 364 g/mol. The minimum Gasteiger partial charge on any atom is -0.439 e. The number of benzene rings is 1. The van der Waals surface area contributed by atoms with Crippen molar-refractivity contribution in [2.24, 2.45) is 0 Å². The van der Waals surface area contributed by atoms with Gasteiger partial charge in [-0.2, -0.15) is 0 Å². The second kappa shape index (κ2) is 6.31. The fourth-order valence-corrected chi connectivity index (χ4v) is 2.15. The number of nitrogens with two attached hydrogens (primary N) is 1. The zero-order chi connectivity index (χ0) is 16.3. The highest BCUT2D eigenvalue weighted by molar-refractivity contribution is 9.10. The summed E-state index contributed by atoms with van der Waals surface area (Å²) in [7, 11) is 0. The predicted molar refractivity (Wildman–Crippen MR) is 91.4 cm³/mol. The number of aromatic nitrogens is 2. The van der Waals surface area contributed by atoms with E-state index in [1.807, 2.05) is 32.9 Å². The molecule has 0 fully saturated rings. The van der Waals surface area contributed by atoms with Crippen LogP contribution in [0.2, 0.25) is 0 Å². The van der Waals surface area contributed by atoms with Crippen molar-refractivity contribution in [3.63, 3.8) is 0 Å². The van der Waals surface area contributed by atoms with Crippen LogP contribution in [0.3, 0.4) is 0 Å². The van der Waals surface area contributed by atoms with Crippen LogP contribution in [0.5, 0.6) is 5.75 Å². The van der Waals surface area contributed by atoms with Crippen molar-refractivity contribution in [1.82, 2.24) is 9.97 Å². The smallest absolute Gasteiger partial charge is 0.226 e. The van der Waals surface area contributed by atoms with E-state index in [1.165, 1.54) is 6.33 Å². The first-order valence-electron chi connectivity index (χ1n) is 6.67. The molecule has 6 nitrogen and oxygen atoms in total. The van der Waals surface area contributed by atoms with Gasteiger partial charge < -0.3 is 15.8 Å². The van der Waals surface area contributed by atoms with E-state index in [1.54, 1.807) is 12.1 Å². The van der Waals surface area contributed by atoms with E-state index in [0.29, 0.717) is 17.1 Å². The lowest BCUT2D eigenvalue weighted by atomic mass is 10.1. The van der Waals surface area contributed by atoms with Gasteiger partial charge in [0.2, 0.25) is 5.90 Å². The van der Waals surface area contributed by atoms with Crippen LogP contribution in [0, 0.1) is 5.41 Å². The van der Waals surface area contributed by atoms with Crippen LogP contribution < -0.4 is 15.8 Å². The van der Waals surface area contributed by atoms with Gasteiger partial charge in [0.1, 0.15) is 29.3 Å². The lowest BCUT2D eigenvalue weighted by molar-refractivity contribution is 0.546. The normalized spacial score (nSPS) is 11.1. The van der Waals surface area contributed by atoms with Crippen molar-refractivity contribution < 1.29 is 4.74 Å². The zero-order valence-corrected chi connectivity index (χ0v) is 14.2. The summed E-state index contributed by atoms with van der Waals surface area (Å²) in [6.07, 6.45) is 1.36. The molecule has 1 aromatic heterocycles. The quantitative estimate of drug-likeness (QED) is 0.573. The number of nitrogen functional groups attached to an aromatic ring is 1. The highest BCUT2D eigenvalue weighted by Crippen LogP contribution is 2.24. The molecule has 0 aliphatic heterocycles. The van der Waals surface area contributed by atoms with Crippen LogP contribution in [-0.4, -0.2) is 21.4 Å². The molecule has 0 bridgehead atoms. The number of halogens is 1. The third kappa shape index (κ3) is 4.17. The number of rotatable bonds is 3. The summed E-state index contributed by atoms with van der Waals surface area (Å²) in [5, 5.41) is 11.4. The van der Waals surface area contributed by atoms with E-state index < -0.39 is 0 Å². The second-order valence-electron chi connectivity index (χ2n) is 5.75. The minimum atomic E-state index is -0.231. The Labute approximate surface area is 137 Å². The molecule has 0 spiro atoms. The second-order valence-corrected chi connectivity index (χ2v) is 6.66. The monoisotopic (exact) mass is 363 g/mol.